The van der Waals surface area contributed by atoms with Crippen LogP contribution in [0.15, 0.2) is 0 Å². The molecule has 0 aromatic carbocycles. The fourth-order valence-electron chi connectivity index (χ4n) is 0.333. The summed E-state index contributed by atoms with van der Waals surface area (Å²) in [6.45, 7) is 4.23. The SMILES string of the molecule is BBB/B=C/C. The van der Waals surface area contributed by atoms with Crippen LogP contribution in [0.25, 0.3) is 0 Å². The second-order valence-corrected chi connectivity index (χ2v) is 1.36. The van der Waals surface area contributed by atoms with E-state index < -0.39 is 0 Å². The van der Waals surface area contributed by atoms with Crippen molar-refractivity contribution >= 4 is 34.6 Å². The van der Waals surface area contributed by atoms with Gasteiger partial charge >= 0.3 is 41.6 Å². The zero-order valence-corrected chi connectivity index (χ0v) is 4.57. The molecule has 28 valence electrons. The molecule has 0 aliphatic carbocycles. The van der Waals surface area contributed by atoms with Crippen LogP contribution in [0, 0.1) is 0 Å². The molecule has 0 nitrogen and oxygen atoms in total. The zero-order valence-electron chi connectivity index (χ0n) is 4.57. The average Bonchev–Trinajstić information content (AvgIpc) is 1.61. The predicted molar refractivity (Wildman–Crippen MR) is 40.3 cm³/mol. The molecule has 0 radical (unpaired) electrons. The van der Waals surface area contributed by atoms with Gasteiger partial charge in [-0.3, -0.25) is 0 Å². The summed E-state index contributed by atoms with van der Waals surface area (Å²) in [5, 5.41) is 0. The Morgan fingerprint density at radius 2 is 2.50 bits per heavy atom. The third-order valence-electron chi connectivity index (χ3n) is 0.691. The third-order valence-corrected chi connectivity index (χ3v) is 0.691. The van der Waals surface area contributed by atoms with Crippen LogP contribution < -0.4 is 0 Å². The van der Waals surface area contributed by atoms with Gasteiger partial charge in [-0.2, -0.15) is 0 Å². The fourth-order valence-corrected chi connectivity index (χ4v) is 0.333. The van der Waals surface area contributed by atoms with Gasteiger partial charge in [-0.25, -0.2) is 0 Å². The number of hydrogen-bond acceptors (Lipinski definition) is 0. The molecular weight excluding hydrogens is 67.3 g/mol. The van der Waals surface area contributed by atoms with Crippen molar-refractivity contribution in [2.45, 2.75) is 6.92 Å². The molecule has 0 saturated heterocycles. The molecule has 0 atom stereocenters. The van der Waals surface area contributed by atoms with Gasteiger partial charge in [0.15, 0.2) is 0 Å². The van der Waals surface area contributed by atoms with E-state index in [2.05, 4.69) is 27.4 Å². The van der Waals surface area contributed by atoms with Crippen molar-refractivity contribution in [3.63, 3.8) is 0 Å². The molecule has 0 saturated carbocycles. The molecule has 0 unspecified atom stereocenters. The summed E-state index contributed by atoms with van der Waals surface area (Å²) >= 11 is 0. The second kappa shape index (κ2) is 5.13. The summed E-state index contributed by atoms with van der Waals surface area (Å²) in [7, 11) is 4.68. The van der Waals surface area contributed by atoms with Gasteiger partial charge < -0.3 is 0 Å². The Kier molecular flexibility index (Phi) is 5.24. The van der Waals surface area contributed by atoms with Crippen LogP contribution >= 0.6 is 0 Å². The maximum absolute atomic E-state index is 2.18. The Hall–Kier alpha value is 0.130. The standard InChI is InChI=1S/C2H8B4/c1-2-4-6-5-3/h2,5-6H,3H2,1H3. The fraction of sp³-hybridized carbons (Fsp3) is 0.500. The van der Waals surface area contributed by atoms with Gasteiger partial charge in [0.25, 0.3) is 0 Å². The van der Waals surface area contributed by atoms with E-state index in [9.17, 15) is 0 Å². The molecule has 0 heterocycles. The van der Waals surface area contributed by atoms with Crippen LogP contribution in [0.5, 0.6) is 0 Å². The van der Waals surface area contributed by atoms with E-state index in [-0.39, 0.29) is 0 Å². The van der Waals surface area contributed by atoms with Crippen LogP contribution in [0.2, 0.25) is 0 Å². The van der Waals surface area contributed by atoms with Crippen molar-refractivity contribution in [3.05, 3.63) is 0 Å². The van der Waals surface area contributed by atoms with Crippen LogP contribution in [0.3, 0.4) is 0 Å². The minimum atomic E-state index is 1.23. The van der Waals surface area contributed by atoms with Crippen molar-refractivity contribution < 1.29 is 0 Å². The first-order chi connectivity index (χ1) is 2.91. The van der Waals surface area contributed by atoms with Gasteiger partial charge in [-0.05, 0) is 0 Å². The maximum atomic E-state index is 2.18. The van der Waals surface area contributed by atoms with Crippen LogP contribution in [0.1, 0.15) is 6.92 Å². The van der Waals surface area contributed by atoms with E-state index in [1.54, 1.807) is 0 Å². The summed E-state index contributed by atoms with van der Waals surface area (Å²) < 4.78 is 0. The Morgan fingerprint density at radius 3 is 2.67 bits per heavy atom. The first-order valence-corrected chi connectivity index (χ1v) is 2.53. The molecule has 0 amide bonds. The summed E-state index contributed by atoms with van der Waals surface area (Å²) in [5.41, 5.74) is 0. The second-order valence-electron chi connectivity index (χ2n) is 1.36. The van der Waals surface area contributed by atoms with Gasteiger partial charge in [0.1, 0.15) is 0 Å². The van der Waals surface area contributed by atoms with Gasteiger partial charge in [-0.1, -0.05) is 0 Å². The van der Waals surface area contributed by atoms with Gasteiger partial charge in [0, 0.05) is 0 Å². The number of rotatable bonds is 2. The Labute approximate surface area is 42.5 Å². The van der Waals surface area contributed by atoms with E-state index in [0.29, 0.717) is 0 Å². The van der Waals surface area contributed by atoms with Gasteiger partial charge in [0.2, 0.25) is 0 Å². The molecular formula is C2H8B4. The quantitative estimate of drug-likeness (QED) is 0.326. The van der Waals surface area contributed by atoms with Crippen LogP contribution in [-0.4, -0.2) is 34.6 Å². The van der Waals surface area contributed by atoms with Crippen molar-refractivity contribution in [3.8, 4) is 0 Å². The Bertz CT molecular complexity index is 40.8. The van der Waals surface area contributed by atoms with Gasteiger partial charge in [-0.15, -0.1) is 0 Å². The van der Waals surface area contributed by atoms with Gasteiger partial charge in [0.05, 0.1) is 0 Å². The molecule has 0 N–H and O–H groups in total. The summed E-state index contributed by atoms with van der Waals surface area (Å²) in [6.07, 6.45) is 0. The number of hydrogen-bond donors (Lipinski definition) is 0. The molecule has 4 heteroatoms. The van der Waals surface area contributed by atoms with E-state index in [0.717, 1.165) is 0 Å². The molecule has 0 fully saturated rings. The topological polar surface area (TPSA) is 0 Å². The van der Waals surface area contributed by atoms with E-state index in [4.69, 9.17) is 0 Å². The summed E-state index contributed by atoms with van der Waals surface area (Å²) in [4.78, 5) is 0. The summed E-state index contributed by atoms with van der Waals surface area (Å²) in [5.74, 6) is 2.09. The molecule has 6 heavy (non-hydrogen) atoms. The Morgan fingerprint density at radius 1 is 1.83 bits per heavy atom. The zero-order chi connectivity index (χ0) is 4.83. The first kappa shape index (κ1) is 6.13. The molecule has 0 aliphatic heterocycles. The molecule has 0 aromatic rings. The van der Waals surface area contributed by atoms with Crippen molar-refractivity contribution in [2.75, 3.05) is 0 Å². The predicted octanol–water partition coefficient (Wildman–Crippen LogP) is -2.24. The van der Waals surface area contributed by atoms with E-state index in [1.807, 2.05) is 0 Å². The molecule has 0 rings (SSSR count). The average molecular weight is 75.3 g/mol. The van der Waals surface area contributed by atoms with Crippen molar-refractivity contribution in [1.29, 1.82) is 0 Å². The van der Waals surface area contributed by atoms with Crippen molar-refractivity contribution in [1.82, 2.24) is 0 Å². The Balaban J connectivity index is 2.66. The van der Waals surface area contributed by atoms with Crippen LogP contribution in [-0.2, 0) is 0 Å². The monoisotopic (exact) mass is 76.1 g/mol. The van der Waals surface area contributed by atoms with E-state index >= 15 is 0 Å². The van der Waals surface area contributed by atoms with E-state index in [1.165, 1.54) is 14.1 Å². The first-order valence-electron chi connectivity index (χ1n) is 2.53. The molecule has 0 bridgehead atoms. The molecule has 0 aliphatic rings. The third kappa shape index (κ3) is 4.13. The minimum absolute atomic E-state index is 1.23. The summed E-state index contributed by atoms with van der Waals surface area (Å²) in [6, 6.07) is 0. The molecule has 0 spiro atoms. The van der Waals surface area contributed by atoms with Crippen LogP contribution in [0.4, 0.5) is 0 Å². The normalized spacial score (nSPS) is 7.50. The van der Waals surface area contributed by atoms with Crippen molar-refractivity contribution in [2.24, 2.45) is 0 Å². The molecule has 0 aromatic heterocycles.